The molecular formula is C18H30N5O4P. The second-order valence-corrected chi connectivity index (χ2v) is 7.14. The molecule has 3 rings (SSSR count). The highest BCUT2D eigenvalue weighted by Gasteiger charge is 2.26. The van der Waals surface area contributed by atoms with E-state index in [9.17, 15) is 4.79 Å². The summed E-state index contributed by atoms with van der Waals surface area (Å²) >= 11 is 0. The predicted octanol–water partition coefficient (Wildman–Crippen LogP) is 2.89. The third-order valence-corrected chi connectivity index (χ3v) is 4.96. The Morgan fingerprint density at radius 3 is 2.68 bits per heavy atom. The zero-order valence-electron chi connectivity index (χ0n) is 15.8. The van der Waals surface area contributed by atoms with Crippen molar-refractivity contribution < 1.29 is 19.4 Å². The van der Waals surface area contributed by atoms with E-state index in [4.69, 9.17) is 14.6 Å². The smallest absolute Gasteiger partial charge is 0.290 e. The molecule has 3 unspecified atom stereocenters. The van der Waals surface area contributed by atoms with Gasteiger partial charge in [-0.15, -0.1) is 0 Å². The average molecular weight is 411 g/mol. The Morgan fingerprint density at radius 2 is 2.11 bits per heavy atom. The van der Waals surface area contributed by atoms with Crippen LogP contribution in [0, 0.1) is 5.92 Å². The van der Waals surface area contributed by atoms with Crippen LogP contribution in [-0.2, 0) is 23.2 Å². The summed E-state index contributed by atoms with van der Waals surface area (Å²) in [6.45, 7) is 2.41. The Hall–Kier alpha value is -2.25. The number of anilines is 1. The maximum Gasteiger partial charge on any atom is 0.290 e. The third kappa shape index (κ3) is 5.87. The monoisotopic (exact) mass is 411 g/mol. The van der Waals surface area contributed by atoms with Crippen LogP contribution in [0.1, 0.15) is 61.4 Å². The van der Waals surface area contributed by atoms with E-state index in [0.717, 1.165) is 23.7 Å². The number of methoxy groups -OCH3 is 1. The number of carbonyl (C=O) groups is 2. The molecule has 1 aliphatic rings. The molecule has 1 aliphatic carbocycles. The lowest BCUT2D eigenvalue weighted by atomic mass is 10.0. The van der Waals surface area contributed by atoms with Crippen LogP contribution in [0.25, 0.3) is 0 Å². The standard InChI is InChI=1S/C16H24N5O2P.CH2O2.CH4/c1-10-4-5-11(6-10)13-8-15(21(24)19-13)17-16(22)14-7-12(9-23-3)18-20(14)2;2-1-3;/h7-8,10-11H,4-6,9,24H2,1-3H3,(H,17,22);1H,(H,2,3);1H4. The van der Waals surface area contributed by atoms with E-state index >= 15 is 0 Å². The molecule has 10 heteroatoms. The molecule has 28 heavy (non-hydrogen) atoms. The SMILES string of the molecule is C.COCc1cc(C(=O)Nc2cc(C3CCC(C)C3)nn2P)n(C)n1.O=CO. The number of nitrogens with one attached hydrogen (secondary N) is 1. The number of hydrogen-bond acceptors (Lipinski definition) is 5. The van der Waals surface area contributed by atoms with Gasteiger partial charge in [0.2, 0.25) is 0 Å². The lowest BCUT2D eigenvalue weighted by Gasteiger charge is -2.04. The number of rotatable bonds is 5. The molecule has 1 amide bonds. The molecule has 1 saturated carbocycles. The summed E-state index contributed by atoms with van der Waals surface area (Å²) in [6, 6.07) is 3.71. The van der Waals surface area contributed by atoms with E-state index in [0.29, 0.717) is 24.0 Å². The largest absolute Gasteiger partial charge is 0.483 e. The van der Waals surface area contributed by atoms with E-state index in [1.807, 2.05) is 6.07 Å². The van der Waals surface area contributed by atoms with E-state index in [2.05, 4.69) is 31.8 Å². The zero-order chi connectivity index (χ0) is 20.0. The van der Waals surface area contributed by atoms with Crippen molar-refractivity contribution in [2.75, 3.05) is 12.4 Å². The normalized spacial score (nSPS) is 18.0. The first kappa shape index (κ1) is 23.8. The lowest BCUT2D eigenvalue weighted by molar-refractivity contribution is -0.122. The van der Waals surface area contributed by atoms with Crippen LogP contribution < -0.4 is 5.32 Å². The van der Waals surface area contributed by atoms with Crippen molar-refractivity contribution in [1.82, 2.24) is 19.3 Å². The minimum absolute atomic E-state index is 0. The van der Waals surface area contributed by atoms with Crippen LogP contribution >= 0.6 is 9.39 Å². The number of carboxylic acid groups (broad SMARTS) is 1. The number of aryl methyl sites for hydroxylation is 1. The summed E-state index contributed by atoms with van der Waals surface area (Å²) in [7, 11) is 5.88. The summed E-state index contributed by atoms with van der Waals surface area (Å²) in [5, 5.41) is 18.6. The molecule has 2 N–H and O–H groups in total. The highest BCUT2D eigenvalue weighted by molar-refractivity contribution is 7.14. The third-order valence-electron chi connectivity index (χ3n) is 4.56. The molecule has 0 radical (unpaired) electrons. The first-order chi connectivity index (χ1) is 12.9. The number of nitrogens with zero attached hydrogens (tertiary/aromatic N) is 4. The van der Waals surface area contributed by atoms with Gasteiger partial charge in [0.25, 0.3) is 12.4 Å². The Bertz CT molecular complexity index is 789. The van der Waals surface area contributed by atoms with Crippen molar-refractivity contribution in [3.05, 3.63) is 29.2 Å². The van der Waals surface area contributed by atoms with Gasteiger partial charge in [-0.05, 0) is 34.2 Å². The van der Waals surface area contributed by atoms with Crippen molar-refractivity contribution in [1.29, 1.82) is 0 Å². The van der Waals surface area contributed by atoms with Crippen molar-refractivity contribution in [2.45, 2.75) is 46.1 Å². The highest BCUT2D eigenvalue weighted by atomic mass is 31.0. The van der Waals surface area contributed by atoms with E-state index in [1.54, 1.807) is 29.4 Å². The van der Waals surface area contributed by atoms with Gasteiger partial charge in [0.05, 0.1) is 18.0 Å². The first-order valence-electron chi connectivity index (χ1n) is 8.65. The molecule has 2 aromatic rings. The summed E-state index contributed by atoms with van der Waals surface area (Å²) in [5.41, 5.74) is 2.27. The van der Waals surface area contributed by atoms with Crippen molar-refractivity contribution in [3.63, 3.8) is 0 Å². The van der Waals surface area contributed by atoms with Gasteiger partial charge < -0.3 is 15.2 Å². The van der Waals surface area contributed by atoms with Gasteiger partial charge >= 0.3 is 0 Å². The fraction of sp³-hybridized carbons (Fsp3) is 0.556. The molecule has 156 valence electrons. The van der Waals surface area contributed by atoms with Gasteiger partial charge in [-0.2, -0.15) is 10.2 Å². The number of ether oxygens (including phenoxy) is 1. The van der Waals surface area contributed by atoms with Crippen LogP contribution in [0.15, 0.2) is 12.1 Å². The minimum atomic E-state index is -0.250. The Morgan fingerprint density at radius 1 is 1.43 bits per heavy atom. The maximum absolute atomic E-state index is 12.5. The van der Waals surface area contributed by atoms with Gasteiger partial charge in [0, 0.05) is 26.1 Å². The second kappa shape index (κ2) is 10.9. The molecule has 1 fully saturated rings. The Labute approximate surface area is 167 Å². The van der Waals surface area contributed by atoms with Gasteiger partial charge in [0.1, 0.15) is 11.5 Å². The quantitative estimate of drug-likeness (QED) is 0.578. The number of aromatic nitrogens is 4. The molecule has 9 nitrogen and oxygen atoms in total. The average Bonchev–Trinajstić information content (AvgIpc) is 3.29. The maximum atomic E-state index is 12.5. The summed E-state index contributed by atoms with van der Waals surface area (Å²) < 4.78 is 8.27. The molecule has 0 saturated heterocycles. The number of hydrogen-bond donors (Lipinski definition) is 2. The van der Waals surface area contributed by atoms with E-state index in [-0.39, 0.29) is 19.8 Å². The van der Waals surface area contributed by atoms with Gasteiger partial charge in [-0.1, -0.05) is 20.8 Å². The van der Waals surface area contributed by atoms with Crippen LogP contribution in [0.5, 0.6) is 0 Å². The molecule has 2 aromatic heterocycles. The van der Waals surface area contributed by atoms with Gasteiger partial charge in [-0.25, -0.2) is 4.45 Å². The van der Waals surface area contributed by atoms with Crippen LogP contribution in [0.2, 0.25) is 0 Å². The Balaban J connectivity index is 0.000000921. The van der Waals surface area contributed by atoms with Crippen molar-refractivity contribution >= 4 is 27.6 Å². The summed E-state index contributed by atoms with van der Waals surface area (Å²) in [4.78, 5) is 20.9. The molecule has 0 bridgehead atoms. The molecule has 3 atom stereocenters. The van der Waals surface area contributed by atoms with Gasteiger partial charge in [0.15, 0.2) is 0 Å². The summed E-state index contributed by atoms with van der Waals surface area (Å²) in [6.07, 6.45) is 3.57. The molecule has 0 aromatic carbocycles. The summed E-state index contributed by atoms with van der Waals surface area (Å²) in [5.74, 6) is 1.70. The molecule has 2 heterocycles. The molecule has 0 aliphatic heterocycles. The van der Waals surface area contributed by atoms with Gasteiger partial charge in [-0.3, -0.25) is 14.3 Å². The predicted molar refractivity (Wildman–Crippen MR) is 110 cm³/mol. The van der Waals surface area contributed by atoms with Crippen molar-refractivity contribution in [3.8, 4) is 0 Å². The highest BCUT2D eigenvalue weighted by Crippen LogP contribution is 2.38. The minimum Gasteiger partial charge on any atom is -0.483 e. The van der Waals surface area contributed by atoms with Crippen molar-refractivity contribution in [2.24, 2.45) is 13.0 Å². The molecular weight excluding hydrogens is 381 g/mol. The number of amides is 1. The number of carbonyl (C=O) groups excluding carboxylic acids is 1. The fourth-order valence-corrected chi connectivity index (χ4v) is 3.59. The lowest BCUT2D eigenvalue weighted by Crippen LogP contribution is -2.17. The van der Waals surface area contributed by atoms with Crippen LogP contribution in [0.3, 0.4) is 0 Å². The van der Waals surface area contributed by atoms with E-state index in [1.165, 1.54) is 12.8 Å². The first-order valence-corrected chi connectivity index (χ1v) is 9.17. The van der Waals surface area contributed by atoms with E-state index < -0.39 is 0 Å². The zero-order valence-corrected chi connectivity index (χ0v) is 16.9. The fourth-order valence-electron chi connectivity index (χ4n) is 3.32. The topological polar surface area (TPSA) is 111 Å². The second-order valence-electron chi connectivity index (χ2n) is 6.65. The van der Waals surface area contributed by atoms with Crippen LogP contribution in [0.4, 0.5) is 5.82 Å². The molecule has 0 spiro atoms. The Kier molecular flexibility index (Phi) is 9.28. The van der Waals surface area contributed by atoms with Crippen LogP contribution in [-0.4, -0.2) is 43.9 Å².